The van der Waals surface area contributed by atoms with Crippen molar-refractivity contribution in [3.63, 3.8) is 0 Å². The fourth-order valence-corrected chi connectivity index (χ4v) is 5.59. The highest BCUT2D eigenvalue weighted by atomic mass is 32.2. The summed E-state index contributed by atoms with van der Waals surface area (Å²) in [7, 11) is -3.65. The largest absolute Gasteiger partial charge is 0.481 e. The first-order valence-electron chi connectivity index (χ1n) is 9.36. The van der Waals surface area contributed by atoms with Crippen LogP contribution in [0.15, 0.2) is 23.1 Å². The predicted molar refractivity (Wildman–Crippen MR) is 99.8 cm³/mol. The molecule has 1 atom stereocenters. The van der Waals surface area contributed by atoms with E-state index in [1.165, 1.54) is 4.31 Å². The summed E-state index contributed by atoms with van der Waals surface area (Å²) in [6.07, 6.45) is 2.77. The van der Waals surface area contributed by atoms with E-state index >= 15 is 0 Å². The summed E-state index contributed by atoms with van der Waals surface area (Å²) in [6.45, 7) is 3.47. The molecule has 1 aromatic carbocycles. The zero-order valence-corrected chi connectivity index (χ0v) is 16.4. The molecule has 0 radical (unpaired) electrons. The van der Waals surface area contributed by atoms with E-state index in [4.69, 9.17) is 5.11 Å². The van der Waals surface area contributed by atoms with Crippen LogP contribution in [0.5, 0.6) is 0 Å². The van der Waals surface area contributed by atoms with Crippen LogP contribution in [0, 0.1) is 5.92 Å². The van der Waals surface area contributed by atoms with Gasteiger partial charge in [0.1, 0.15) is 0 Å². The number of benzene rings is 1. The number of piperidine rings is 1. The van der Waals surface area contributed by atoms with Crippen LogP contribution in [0.1, 0.15) is 37.3 Å². The quantitative estimate of drug-likeness (QED) is 0.835. The highest BCUT2D eigenvalue weighted by molar-refractivity contribution is 7.89. The fourth-order valence-electron chi connectivity index (χ4n) is 3.98. The Kier molecular flexibility index (Phi) is 5.86. The minimum atomic E-state index is -3.65. The van der Waals surface area contributed by atoms with Crippen molar-refractivity contribution in [2.45, 2.75) is 43.9 Å². The molecule has 8 heteroatoms. The first-order chi connectivity index (χ1) is 12.8. The van der Waals surface area contributed by atoms with Gasteiger partial charge in [0.2, 0.25) is 15.9 Å². The molecule has 148 valence electrons. The molecule has 2 heterocycles. The second-order valence-electron chi connectivity index (χ2n) is 7.41. The maximum atomic E-state index is 13.1. The number of nitrogens with zero attached hydrogens (tertiary/aromatic N) is 2. The van der Waals surface area contributed by atoms with Crippen LogP contribution in [0.2, 0.25) is 0 Å². The smallest absolute Gasteiger partial charge is 0.303 e. The van der Waals surface area contributed by atoms with Crippen molar-refractivity contribution in [1.82, 2.24) is 9.21 Å². The first kappa shape index (κ1) is 19.8. The van der Waals surface area contributed by atoms with Crippen LogP contribution in [0.25, 0.3) is 0 Å². The minimum absolute atomic E-state index is 0.00289. The minimum Gasteiger partial charge on any atom is -0.481 e. The average Bonchev–Trinajstić information content (AvgIpc) is 2.83. The maximum Gasteiger partial charge on any atom is 0.303 e. The van der Waals surface area contributed by atoms with E-state index in [1.807, 2.05) is 6.07 Å². The fraction of sp³-hybridized carbons (Fsp3) is 0.579. The molecule has 2 aliphatic heterocycles. The Balaban J connectivity index is 1.80. The number of amides is 1. The van der Waals surface area contributed by atoms with E-state index in [2.05, 4.69) is 0 Å². The molecule has 1 amide bonds. The van der Waals surface area contributed by atoms with Crippen molar-refractivity contribution in [2.24, 2.45) is 5.92 Å². The van der Waals surface area contributed by atoms with Gasteiger partial charge in [-0.1, -0.05) is 6.07 Å². The Morgan fingerprint density at radius 2 is 1.85 bits per heavy atom. The lowest BCUT2D eigenvalue weighted by atomic mass is 9.96. The standard InChI is InChI=1S/C19H26N2O5S/c1-14(22)20-9-6-16-4-5-18(12-17(16)7-10-20)27(25,26)21-8-2-3-15(13-21)11-19(23)24/h4-5,12,15H,2-3,6-11,13H2,1H3,(H,23,24). The number of aliphatic carboxylic acids is 1. The van der Waals surface area contributed by atoms with Crippen LogP contribution < -0.4 is 0 Å². The Morgan fingerprint density at radius 1 is 1.15 bits per heavy atom. The van der Waals surface area contributed by atoms with Crippen molar-refractivity contribution in [3.8, 4) is 0 Å². The van der Waals surface area contributed by atoms with Gasteiger partial charge in [-0.2, -0.15) is 4.31 Å². The molecule has 0 aromatic heterocycles. The van der Waals surface area contributed by atoms with E-state index in [1.54, 1.807) is 24.0 Å². The summed E-state index contributed by atoms with van der Waals surface area (Å²) >= 11 is 0. The summed E-state index contributed by atoms with van der Waals surface area (Å²) in [6, 6.07) is 5.22. The number of carbonyl (C=O) groups excluding carboxylic acids is 1. The molecular formula is C19H26N2O5S. The Hall–Kier alpha value is -1.93. The Labute approximate surface area is 160 Å². The molecule has 0 bridgehead atoms. The molecule has 0 saturated carbocycles. The van der Waals surface area contributed by atoms with Crippen molar-refractivity contribution in [1.29, 1.82) is 0 Å². The molecule has 1 N–H and O–H groups in total. The molecule has 0 aliphatic carbocycles. The predicted octanol–water partition coefficient (Wildman–Crippen LogP) is 1.51. The van der Waals surface area contributed by atoms with Crippen LogP contribution in [-0.2, 0) is 32.5 Å². The van der Waals surface area contributed by atoms with Gasteiger partial charge in [0.05, 0.1) is 4.90 Å². The monoisotopic (exact) mass is 394 g/mol. The SMILES string of the molecule is CC(=O)N1CCc2ccc(S(=O)(=O)N3CCCC(CC(=O)O)C3)cc2CC1. The van der Waals surface area contributed by atoms with E-state index in [0.29, 0.717) is 32.5 Å². The number of hydrogen-bond acceptors (Lipinski definition) is 4. The molecule has 27 heavy (non-hydrogen) atoms. The Morgan fingerprint density at radius 3 is 2.52 bits per heavy atom. The molecule has 7 nitrogen and oxygen atoms in total. The van der Waals surface area contributed by atoms with Gasteiger partial charge in [0, 0.05) is 39.5 Å². The molecular weight excluding hydrogens is 368 g/mol. The number of carboxylic acids is 1. The van der Waals surface area contributed by atoms with Gasteiger partial charge in [-0.05, 0) is 54.9 Å². The topological polar surface area (TPSA) is 95.0 Å². The van der Waals surface area contributed by atoms with E-state index in [-0.39, 0.29) is 29.7 Å². The summed E-state index contributed by atoms with van der Waals surface area (Å²) in [4.78, 5) is 24.6. The second-order valence-corrected chi connectivity index (χ2v) is 9.34. The van der Waals surface area contributed by atoms with Gasteiger partial charge in [-0.15, -0.1) is 0 Å². The normalized spacial score (nSPS) is 21.4. The molecule has 2 aliphatic rings. The van der Waals surface area contributed by atoms with Gasteiger partial charge in [-0.25, -0.2) is 8.42 Å². The zero-order chi connectivity index (χ0) is 19.6. The zero-order valence-electron chi connectivity index (χ0n) is 15.6. The molecule has 1 fully saturated rings. The summed E-state index contributed by atoms with van der Waals surface area (Å²) in [5.41, 5.74) is 2.05. The number of carbonyl (C=O) groups is 2. The van der Waals surface area contributed by atoms with E-state index < -0.39 is 16.0 Å². The van der Waals surface area contributed by atoms with Gasteiger partial charge in [0.25, 0.3) is 0 Å². The van der Waals surface area contributed by atoms with Crippen LogP contribution in [0.3, 0.4) is 0 Å². The van der Waals surface area contributed by atoms with E-state index in [0.717, 1.165) is 24.0 Å². The summed E-state index contributed by atoms with van der Waals surface area (Å²) in [5.74, 6) is -0.997. The van der Waals surface area contributed by atoms with Crippen molar-refractivity contribution in [3.05, 3.63) is 29.3 Å². The maximum absolute atomic E-state index is 13.1. The number of carboxylic acid groups (broad SMARTS) is 1. The second kappa shape index (κ2) is 7.98. The molecule has 1 aromatic rings. The van der Waals surface area contributed by atoms with E-state index in [9.17, 15) is 18.0 Å². The lowest BCUT2D eigenvalue weighted by Crippen LogP contribution is -2.40. The molecule has 1 saturated heterocycles. The third-order valence-corrected chi connectivity index (χ3v) is 7.37. The molecule has 0 spiro atoms. The lowest BCUT2D eigenvalue weighted by molar-refractivity contribution is -0.138. The van der Waals surface area contributed by atoms with Crippen LogP contribution in [0.4, 0.5) is 0 Å². The third-order valence-electron chi connectivity index (χ3n) is 5.51. The number of rotatable bonds is 4. The van der Waals surface area contributed by atoms with Crippen LogP contribution >= 0.6 is 0 Å². The summed E-state index contributed by atoms with van der Waals surface area (Å²) in [5, 5.41) is 9.00. The third kappa shape index (κ3) is 4.50. The first-order valence-corrected chi connectivity index (χ1v) is 10.8. The highest BCUT2D eigenvalue weighted by Crippen LogP contribution is 2.27. The highest BCUT2D eigenvalue weighted by Gasteiger charge is 2.31. The number of sulfonamides is 1. The van der Waals surface area contributed by atoms with Gasteiger partial charge in [0.15, 0.2) is 0 Å². The average molecular weight is 394 g/mol. The number of fused-ring (bicyclic) bond motifs is 1. The molecule has 1 unspecified atom stereocenters. The van der Waals surface area contributed by atoms with Gasteiger partial charge < -0.3 is 10.0 Å². The Bertz CT molecular complexity index is 837. The van der Waals surface area contributed by atoms with Crippen molar-refractivity contribution in [2.75, 3.05) is 26.2 Å². The van der Waals surface area contributed by atoms with Crippen LogP contribution in [-0.4, -0.2) is 60.8 Å². The molecule has 3 rings (SSSR count). The lowest BCUT2D eigenvalue weighted by Gasteiger charge is -2.31. The van der Waals surface area contributed by atoms with Gasteiger partial charge in [-0.3, -0.25) is 9.59 Å². The van der Waals surface area contributed by atoms with Crippen molar-refractivity contribution >= 4 is 21.9 Å². The van der Waals surface area contributed by atoms with Gasteiger partial charge >= 0.3 is 5.97 Å². The van der Waals surface area contributed by atoms with Crippen molar-refractivity contribution < 1.29 is 23.1 Å². The summed E-state index contributed by atoms with van der Waals surface area (Å²) < 4.78 is 27.6. The number of hydrogen-bond donors (Lipinski definition) is 1.